The minimum absolute atomic E-state index is 0.0402. The molecule has 3 aromatic carbocycles. The molecule has 1 saturated heterocycles. The lowest BCUT2D eigenvalue weighted by Crippen LogP contribution is -2.38. The van der Waals surface area contributed by atoms with E-state index in [-0.39, 0.29) is 40.3 Å². The lowest BCUT2D eigenvalue weighted by molar-refractivity contribution is 0.203. The van der Waals surface area contributed by atoms with Crippen molar-refractivity contribution < 1.29 is 25.9 Å². The van der Waals surface area contributed by atoms with Gasteiger partial charge in [0, 0.05) is 57.9 Å². The Morgan fingerprint density at radius 2 is 1.51 bits per heavy atom. The van der Waals surface area contributed by atoms with Crippen molar-refractivity contribution in [3.05, 3.63) is 130 Å². The number of rotatable bonds is 13. The first-order valence-electron chi connectivity index (χ1n) is 20.2. The van der Waals surface area contributed by atoms with Crippen LogP contribution < -0.4 is 4.90 Å². The van der Waals surface area contributed by atoms with E-state index in [1.165, 1.54) is 22.1 Å². The van der Waals surface area contributed by atoms with Crippen molar-refractivity contribution in [2.75, 3.05) is 29.5 Å². The Labute approximate surface area is 344 Å². The number of allylic oxidation sites excluding steroid dienone is 7. The van der Waals surface area contributed by atoms with Crippen LogP contribution >= 0.6 is 11.6 Å². The highest BCUT2D eigenvalue weighted by Crippen LogP contribution is 2.55. The van der Waals surface area contributed by atoms with Gasteiger partial charge in [-0.15, -0.1) is 0 Å². The predicted octanol–water partition coefficient (Wildman–Crippen LogP) is 9.52. The smallest absolute Gasteiger partial charge is 0.0945 e. The number of unbranched alkanes of at least 4 members (excludes halogenated alkanes) is 2. The minimum atomic E-state index is -4.28. The number of benzene rings is 3. The van der Waals surface area contributed by atoms with E-state index in [1.54, 1.807) is 0 Å². The summed E-state index contributed by atoms with van der Waals surface area (Å²) in [4.78, 5) is 4.76. The van der Waals surface area contributed by atoms with Gasteiger partial charge in [-0.3, -0.25) is 4.90 Å². The fourth-order valence-electron chi connectivity index (χ4n) is 10.0. The van der Waals surface area contributed by atoms with Crippen LogP contribution in [0.4, 0.5) is 5.69 Å². The molecule has 57 heavy (non-hydrogen) atoms. The van der Waals surface area contributed by atoms with Crippen LogP contribution in [0.5, 0.6) is 0 Å². The summed E-state index contributed by atoms with van der Waals surface area (Å²) in [5.41, 5.74) is 7.61. The van der Waals surface area contributed by atoms with Gasteiger partial charge in [0.25, 0.3) is 0 Å². The molecule has 2 heterocycles. The monoisotopic (exact) mass is 828 g/mol. The second-order valence-electron chi connectivity index (χ2n) is 17.2. The van der Waals surface area contributed by atoms with Crippen molar-refractivity contribution >= 4 is 54.4 Å². The lowest BCUT2D eigenvalue weighted by atomic mass is 9.68. The molecular formula is C46H53ClN2O6S2-2. The highest BCUT2D eigenvalue weighted by atomic mass is 35.5. The van der Waals surface area contributed by atoms with Crippen LogP contribution in [0.25, 0.3) is 16.8 Å². The molecule has 0 saturated carbocycles. The zero-order valence-corrected chi connectivity index (χ0v) is 35.7. The average molecular weight is 830 g/mol. The van der Waals surface area contributed by atoms with Gasteiger partial charge in [-0.1, -0.05) is 124 Å². The Morgan fingerprint density at radius 1 is 0.825 bits per heavy atom. The van der Waals surface area contributed by atoms with Gasteiger partial charge in [-0.05, 0) is 108 Å². The molecule has 0 radical (unpaired) electrons. The number of halogens is 1. The van der Waals surface area contributed by atoms with E-state index < -0.39 is 20.2 Å². The molecule has 0 amide bonds. The van der Waals surface area contributed by atoms with Gasteiger partial charge < -0.3 is 14.0 Å². The molecule has 0 bridgehead atoms. The van der Waals surface area contributed by atoms with E-state index in [0.29, 0.717) is 38.8 Å². The number of likely N-dealkylation sites (tertiary alicyclic amines) is 1. The number of hydrogen-bond acceptors (Lipinski definition) is 8. The number of fused-ring (bicyclic) bond motifs is 6. The maximum absolute atomic E-state index is 11.4. The largest absolute Gasteiger partial charge is 0.748 e. The van der Waals surface area contributed by atoms with Crippen LogP contribution in [-0.2, 0) is 25.7 Å². The molecule has 7 rings (SSSR count). The quantitative estimate of drug-likeness (QED) is 0.123. The zero-order chi connectivity index (χ0) is 40.8. The standard InChI is InChI=1S/C46H55ClN2O6S2/c1-45(2)40(48(28-9-11-30-56(50,51)52)38-24-20-32-14-5-7-18-36(32)42(38)45)26-22-34-16-13-17-35(44(34)47)23-27-41-46(3,4)43-37-19-8-6-15-33(37)21-25-39(43)49(41)29-10-12-31-57(53,54)55/h5-8,14-15,18-27,38,40,42H,9-13,16-17,28-31H2,1-4H3,(H,50,51,52)(H,53,54,55)/p-2/b26-22+,35-23+,41-27+. The summed E-state index contributed by atoms with van der Waals surface area (Å²) in [7, 11) is -8.55. The third-order valence-corrected chi connectivity index (χ3v) is 14.7. The summed E-state index contributed by atoms with van der Waals surface area (Å²) in [5, 5.41) is 3.10. The Morgan fingerprint density at radius 3 is 2.25 bits per heavy atom. The van der Waals surface area contributed by atoms with Crippen molar-refractivity contribution in [1.29, 1.82) is 0 Å². The van der Waals surface area contributed by atoms with Crippen molar-refractivity contribution in [1.82, 2.24) is 4.90 Å². The van der Waals surface area contributed by atoms with Gasteiger partial charge in [0.15, 0.2) is 0 Å². The van der Waals surface area contributed by atoms with E-state index in [0.717, 1.165) is 52.2 Å². The first-order valence-corrected chi connectivity index (χ1v) is 23.7. The normalized spacial score (nSPS) is 24.5. The maximum atomic E-state index is 11.4. The first-order chi connectivity index (χ1) is 27.0. The van der Waals surface area contributed by atoms with Gasteiger partial charge in [-0.2, -0.15) is 0 Å². The van der Waals surface area contributed by atoms with Crippen LogP contribution in [0.2, 0.25) is 0 Å². The van der Waals surface area contributed by atoms with E-state index >= 15 is 0 Å². The molecule has 3 aromatic rings. The Kier molecular flexibility index (Phi) is 11.9. The van der Waals surface area contributed by atoms with Crippen LogP contribution in [-0.4, -0.2) is 67.5 Å². The highest BCUT2D eigenvalue weighted by molar-refractivity contribution is 7.85. The van der Waals surface area contributed by atoms with Crippen LogP contribution in [0.3, 0.4) is 0 Å². The molecule has 8 nitrogen and oxygen atoms in total. The molecule has 11 heteroatoms. The minimum Gasteiger partial charge on any atom is -0.748 e. The fourth-order valence-corrected chi connectivity index (χ4v) is 11.5. The molecule has 3 atom stereocenters. The summed E-state index contributed by atoms with van der Waals surface area (Å²) in [5.74, 6) is -0.492. The van der Waals surface area contributed by atoms with Gasteiger partial charge >= 0.3 is 0 Å². The summed E-state index contributed by atoms with van der Waals surface area (Å²) in [6, 6.07) is 21.4. The van der Waals surface area contributed by atoms with Gasteiger partial charge in [0.05, 0.1) is 20.2 Å². The third kappa shape index (κ3) is 8.63. The lowest BCUT2D eigenvalue weighted by Gasteiger charge is -2.34. The molecule has 0 spiro atoms. The van der Waals surface area contributed by atoms with Gasteiger partial charge in [-0.25, -0.2) is 16.8 Å². The Balaban J connectivity index is 1.20. The Bertz CT molecular complexity index is 2410. The molecule has 0 aromatic heterocycles. The molecule has 2 aliphatic carbocycles. The third-order valence-electron chi connectivity index (χ3n) is 12.7. The molecule has 1 fully saturated rings. The molecule has 3 unspecified atom stereocenters. The predicted molar refractivity (Wildman–Crippen MR) is 230 cm³/mol. The number of hydrogen-bond donors (Lipinski definition) is 0. The second kappa shape index (κ2) is 16.3. The summed E-state index contributed by atoms with van der Waals surface area (Å²) in [6.07, 6.45) is 17.8. The van der Waals surface area contributed by atoms with Crippen molar-refractivity contribution in [3.8, 4) is 0 Å². The van der Waals surface area contributed by atoms with Crippen molar-refractivity contribution in [2.45, 2.75) is 96.1 Å². The molecular weight excluding hydrogens is 776 g/mol. The van der Waals surface area contributed by atoms with E-state index in [2.05, 4.69) is 129 Å². The van der Waals surface area contributed by atoms with Crippen molar-refractivity contribution in [2.24, 2.45) is 5.41 Å². The van der Waals surface area contributed by atoms with Crippen LogP contribution in [0.1, 0.15) is 95.2 Å². The molecule has 2 aliphatic heterocycles. The number of anilines is 1. The Hall–Kier alpha value is -3.51. The van der Waals surface area contributed by atoms with Gasteiger partial charge in [0.1, 0.15) is 0 Å². The van der Waals surface area contributed by atoms with Crippen LogP contribution in [0.15, 0.2) is 113 Å². The summed E-state index contributed by atoms with van der Waals surface area (Å²) in [6.45, 7) is 10.4. The topological polar surface area (TPSA) is 121 Å². The molecule has 304 valence electrons. The zero-order valence-electron chi connectivity index (χ0n) is 33.3. The highest BCUT2D eigenvalue weighted by Gasteiger charge is 2.53. The maximum Gasteiger partial charge on any atom is 0.0945 e. The van der Waals surface area contributed by atoms with E-state index in [1.807, 2.05) is 6.07 Å². The first kappa shape index (κ1) is 41.6. The summed E-state index contributed by atoms with van der Waals surface area (Å²) >= 11 is 7.30. The fraction of sp³-hybridized carbons (Fsp3) is 0.435. The van der Waals surface area contributed by atoms with E-state index in [4.69, 9.17) is 11.6 Å². The van der Waals surface area contributed by atoms with Gasteiger partial charge in [0.2, 0.25) is 0 Å². The summed E-state index contributed by atoms with van der Waals surface area (Å²) < 4.78 is 68.4. The van der Waals surface area contributed by atoms with E-state index in [9.17, 15) is 25.9 Å². The SMILES string of the molecule is CC1(C)/C(=C\C=C2/CCCC(/C=C/C3N(CCCCS(=O)(=O)[O-])C4C=Cc5ccccc5C4C3(C)C)=C2Cl)N(CCCCS(=O)(=O)[O-])c2ccc3ccccc3c21. The number of nitrogens with zero attached hydrogens (tertiary/aromatic N) is 2. The van der Waals surface area contributed by atoms with Crippen LogP contribution in [0, 0.1) is 5.41 Å². The average Bonchev–Trinajstić information content (AvgIpc) is 3.51. The molecule has 4 aliphatic rings. The van der Waals surface area contributed by atoms with Crippen molar-refractivity contribution in [3.63, 3.8) is 0 Å². The second-order valence-corrected chi connectivity index (χ2v) is 20.6. The molecule has 0 N–H and O–H groups in total.